The van der Waals surface area contributed by atoms with Crippen LogP contribution in [-0.2, 0) is 22.8 Å². The number of anilines is 1. The Hall–Kier alpha value is -3.04. The van der Waals surface area contributed by atoms with Crippen molar-refractivity contribution in [2.45, 2.75) is 24.8 Å². The topological polar surface area (TPSA) is 94.1 Å². The fourth-order valence-corrected chi connectivity index (χ4v) is 4.34. The first-order valence-corrected chi connectivity index (χ1v) is 12.1. The van der Waals surface area contributed by atoms with Gasteiger partial charge < -0.3 is 10.1 Å². The molecule has 0 radical (unpaired) electrons. The Balaban J connectivity index is 1.59. The summed E-state index contributed by atoms with van der Waals surface area (Å²) in [5.74, 6) is 2.37. The van der Waals surface area contributed by atoms with E-state index in [0.29, 0.717) is 18.2 Å². The van der Waals surface area contributed by atoms with E-state index in [2.05, 4.69) is 20.3 Å². The number of hydrogen-bond donors (Lipinski definition) is 1. The van der Waals surface area contributed by atoms with Gasteiger partial charge in [-0.25, -0.2) is 23.4 Å². The van der Waals surface area contributed by atoms with Gasteiger partial charge in [0.25, 0.3) is 0 Å². The maximum Gasteiger partial charge on any atom is 0.224 e. The van der Waals surface area contributed by atoms with Crippen LogP contribution in [0.4, 0.5) is 5.82 Å². The van der Waals surface area contributed by atoms with Crippen molar-refractivity contribution in [2.75, 3.05) is 11.6 Å². The zero-order chi connectivity index (χ0) is 21.1. The van der Waals surface area contributed by atoms with Gasteiger partial charge in [-0.2, -0.15) is 0 Å². The number of rotatable bonds is 7. The van der Waals surface area contributed by atoms with Gasteiger partial charge >= 0.3 is 0 Å². The van der Waals surface area contributed by atoms with Crippen LogP contribution in [0.5, 0.6) is 11.6 Å². The molecule has 0 atom stereocenters. The van der Waals surface area contributed by atoms with Crippen molar-refractivity contribution in [1.82, 2.24) is 15.0 Å². The van der Waals surface area contributed by atoms with E-state index < -0.39 is 9.84 Å². The number of nitrogens with zero attached hydrogens (tertiary/aromatic N) is 3. The smallest absolute Gasteiger partial charge is 0.224 e. The third kappa shape index (κ3) is 4.42. The van der Waals surface area contributed by atoms with Crippen molar-refractivity contribution in [2.24, 2.45) is 0 Å². The van der Waals surface area contributed by atoms with Crippen molar-refractivity contribution in [1.29, 1.82) is 0 Å². The number of thiophene rings is 1. The predicted molar refractivity (Wildman–Crippen MR) is 118 cm³/mol. The normalized spacial score (nSPS) is 11.5. The van der Waals surface area contributed by atoms with Gasteiger partial charge in [0.2, 0.25) is 5.88 Å². The number of nitrogens with one attached hydrogen (secondary N) is 1. The van der Waals surface area contributed by atoms with E-state index in [1.54, 1.807) is 29.7 Å². The molecule has 4 rings (SSSR count). The molecule has 0 aliphatic rings. The standard InChI is InChI=1S/C21H20N4O3S2/c1-3-18-24-19(17-9-11-29-21(17)25-18)23-13-14-6-5-10-22-20(14)28-15-7-4-8-16(12-15)30(2,26)27/h4-12H,3,13H2,1-2H3,(H,23,24,25). The Bertz CT molecular complexity index is 1300. The molecule has 0 spiro atoms. The van der Waals surface area contributed by atoms with Crippen LogP contribution in [0.1, 0.15) is 18.3 Å². The van der Waals surface area contributed by atoms with Gasteiger partial charge in [0.1, 0.15) is 22.2 Å². The summed E-state index contributed by atoms with van der Waals surface area (Å²) in [4.78, 5) is 14.6. The average Bonchev–Trinajstić information content (AvgIpc) is 3.21. The van der Waals surface area contributed by atoms with E-state index in [9.17, 15) is 8.42 Å². The van der Waals surface area contributed by atoms with Gasteiger partial charge in [-0.1, -0.05) is 19.1 Å². The van der Waals surface area contributed by atoms with E-state index in [0.717, 1.165) is 33.8 Å². The minimum absolute atomic E-state index is 0.198. The number of aromatic nitrogens is 3. The first-order valence-electron chi connectivity index (χ1n) is 9.34. The minimum Gasteiger partial charge on any atom is -0.439 e. The summed E-state index contributed by atoms with van der Waals surface area (Å²) >= 11 is 1.58. The van der Waals surface area contributed by atoms with Crippen LogP contribution >= 0.6 is 11.3 Å². The molecule has 4 aromatic rings. The zero-order valence-corrected chi connectivity index (χ0v) is 18.1. The Kier molecular flexibility index (Phi) is 5.65. The first kappa shape index (κ1) is 20.2. The van der Waals surface area contributed by atoms with Crippen molar-refractivity contribution < 1.29 is 13.2 Å². The average molecular weight is 441 g/mol. The lowest BCUT2D eigenvalue weighted by Gasteiger charge is -2.12. The fourth-order valence-electron chi connectivity index (χ4n) is 2.90. The molecular weight excluding hydrogens is 420 g/mol. The van der Waals surface area contributed by atoms with Gasteiger partial charge in [-0.15, -0.1) is 11.3 Å². The summed E-state index contributed by atoms with van der Waals surface area (Å²) in [7, 11) is -3.32. The molecule has 3 aromatic heterocycles. The number of ether oxygens (including phenoxy) is 1. The second-order valence-electron chi connectivity index (χ2n) is 6.65. The Morgan fingerprint density at radius 3 is 2.80 bits per heavy atom. The quantitative estimate of drug-likeness (QED) is 0.453. The Labute approximate surface area is 178 Å². The van der Waals surface area contributed by atoms with Crippen molar-refractivity contribution in [3.05, 3.63) is 65.4 Å². The molecule has 0 aliphatic heterocycles. The summed E-state index contributed by atoms with van der Waals surface area (Å²) in [5.41, 5.74) is 0.822. The molecule has 0 unspecified atom stereocenters. The van der Waals surface area contributed by atoms with Gasteiger partial charge in [-0.05, 0) is 35.7 Å². The zero-order valence-electron chi connectivity index (χ0n) is 16.5. The van der Waals surface area contributed by atoms with Crippen LogP contribution in [0.15, 0.2) is 58.9 Å². The highest BCUT2D eigenvalue weighted by Crippen LogP contribution is 2.28. The summed E-state index contributed by atoms with van der Waals surface area (Å²) in [6.07, 6.45) is 3.55. The highest BCUT2D eigenvalue weighted by atomic mass is 32.2. The van der Waals surface area contributed by atoms with Gasteiger partial charge in [0, 0.05) is 31.0 Å². The van der Waals surface area contributed by atoms with Crippen LogP contribution in [0.25, 0.3) is 10.2 Å². The molecule has 7 nitrogen and oxygen atoms in total. The van der Waals surface area contributed by atoms with Gasteiger partial charge in [0.05, 0.1) is 10.3 Å². The molecule has 0 saturated heterocycles. The maximum absolute atomic E-state index is 11.8. The van der Waals surface area contributed by atoms with E-state index in [1.165, 1.54) is 18.4 Å². The molecule has 3 heterocycles. The van der Waals surface area contributed by atoms with Crippen molar-refractivity contribution >= 4 is 37.2 Å². The highest BCUT2D eigenvalue weighted by molar-refractivity contribution is 7.90. The number of benzene rings is 1. The van der Waals surface area contributed by atoms with E-state index in [-0.39, 0.29) is 4.90 Å². The first-order chi connectivity index (χ1) is 14.4. The third-order valence-electron chi connectivity index (χ3n) is 4.43. The lowest BCUT2D eigenvalue weighted by molar-refractivity contribution is 0.455. The lowest BCUT2D eigenvalue weighted by atomic mass is 10.2. The molecule has 0 fully saturated rings. The molecular formula is C21H20N4O3S2. The Morgan fingerprint density at radius 2 is 2.00 bits per heavy atom. The third-order valence-corrected chi connectivity index (χ3v) is 6.35. The fraction of sp³-hybridized carbons (Fsp3) is 0.190. The predicted octanol–water partition coefficient (Wildman–Crippen LogP) is 4.46. The van der Waals surface area contributed by atoms with Gasteiger partial charge in [0.15, 0.2) is 9.84 Å². The van der Waals surface area contributed by atoms with Crippen molar-refractivity contribution in [3.63, 3.8) is 0 Å². The molecule has 9 heteroatoms. The molecule has 0 aliphatic carbocycles. The van der Waals surface area contributed by atoms with Crippen molar-refractivity contribution in [3.8, 4) is 11.6 Å². The van der Waals surface area contributed by atoms with Gasteiger partial charge in [-0.3, -0.25) is 0 Å². The highest BCUT2D eigenvalue weighted by Gasteiger charge is 2.12. The van der Waals surface area contributed by atoms with E-state index >= 15 is 0 Å². The van der Waals surface area contributed by atoms with Crippen LogP contribution in [0.3, 0.4) is 0 Å². The molecule has 1 N–H and O–H groups in total. The number of fused-ring (bicyclic) bond motifs is 1. The molecule has 30 heavy (non-hydrogen) atoms. The Morgan fingerprint density at radius 1 is 1.13 bits per heavy atom. The van der Waals surface area contributed by atoms with Crippen LogP contribution in [0, 0.1) is 0 Å². The summed E-state index contributed by atoms with van der Waals surface area (Å²) in [5, 5.41) is 6.34. The number of sulfone groups is 1. The molecule has 0 bridgehead atoms. The van der Waals surface area contributed by atoms with Crippen LogP contribution in [-0.4, -0.2) is 29.6 Å². The second kappa shape index (κ2) is 8.37. The van der Waals surface area contributed by atoms with Crippen LogP contribution < -0.4 is 10.1 Å². The SMILES string of the molecule is CCc1nc(NCc2cccnc2Oc2cccc(S(C)(=O)=O)c2)c2ccsc2n1. The summed E-state index contributed by atoms with van der Waals surface area (Å²) in [6, 6.07) is 12.1. The lowest BCUT2D eigenvalue weighted by Crippen LogP contribution is -2.06. The van der Waals surface area contributed by atoms with Crippen LogP contribution in [0.2, 0.25) is 0 Å². The molecule has 154 valence electrons. The maximum atomic E-state index is 11.8. The second-order valence-corrected chi connectivity index (χ2v) is 9.56. The number of hydrogen-bond acceptors (Lipinski definition) is 8. The molecule has 1 aromatic carbocycles. The van der Waals surface area contributed by atoms with E-state index in [1.807, 2.05) is 30.5 Å². The largest absolute Gasteiger partial charge is 0.439 e. The molecule has 0 saturated carbocycles. The summed E-state index contributed by atoms with van der Waals surface area (Å²) < 4.78 is 29.5. The van der Waals surface area contributed by atoms with E-state index in [4.69, 9.17) is 4.74 Å². The molecule has 0 amide bonds. The monoisotopic (exact) mass is 440 g/mol. The number of aryl methyl sites for hydroxylation is 1. The minimum atomic E-state index is -3.32. The number of pyridine rings is 1. The summed E-state index contributed by atoms with van der Waals surface area (Å²) in [6.45, 7) is 2.47.